The van der Waals surface area contributed by atoms with Crippen LogP contribution in [0.4, 0.5) is 5.69 Å². The van der Waals surface area contributed by atoms with Gasteiger partial charge >= 0.3 is 0 Å². The van der Waals surface area contributed by atoms with E-state index in [0.717, 1.165) is 34.5 Å². The van der Waals surface area contributed by atoms with E-state index in [-0.39, 0.29) is 24.3 Å². The molecule has 1 N–H and O–H groups in total. The number of hydrogen-bond donors (Lipinski definition) is 1. The summed E-state index contributed by atoms with van der Waals surface area (Å²) >= 11 is 6.19. The average Bonchev–Trinajstić information content (AvgIpc) is 3.11. The number of amides is 2. The molecular weight excluding hydrogens is 438 g/mol. The van der Waals surface area contributed by atoms with Crippen LogP contribution in [0.1, 0.15) is 44.0 Å². The minimum absolute atomic E-state index is 0.0606. The lowest BCUT2D eigenvalue weighted by atomic mass is 9.97. The maximum absolute atomic E-state index is 13.4. The molecule has 0 bridgehead atoms. The number of unbranched alkanes of at least 4 members (excludes halogenated alkanes) is 1. The number of rotatable bonds is 6. The number of carbonyl (C=O) groups excluding carboxylic acids is 2. The fourth-order valence-electron chi connectivity index (χ4n) is 4.44. The third kappa shape index (κ3) is 5.18. The molecule has 0 spiro atoms. The van der Waals surface area contributed by atoms with E-state index in [1.54, 1.807) is 4.90 Å². The molecule has 0 fully saturated rings. The number of nitrogens with zero attached hydrogens (tertiary/aromatic N) is 4. The Labute approximate surface area is 198 Å². The number of aromatic nitrogens is 2. The Morgan fingerprint density at radius 2 is 2.12 bits per heavy atom. The Bertz CT molecular complexity index is 1230. The maximum atomic E-state index is 13.4. The molecule has 170 valence electrons. The van der Waals surface area contributed by atoms with Gasteiger partial charge in [-0.2, -0.15) is 5.26 Å². The largest absolute Gasteiger partial charge is 0.353 e. The molecule has 3 aromatic rings. The maximum Gasteiger partial charge on any atom is 0.229 e. The Kier molecular flexibility index (Phi) is 6.95. The predicted molar refractivity (Wildman–Crippen MR) is 128 cm³/mol. The molecule has 1 aliphatic heterocycles. The minimum Gasteiger partial charge on any atom is -0.353 e. The number of benzene rings is 2. The number of nitrogens with one attached hydrogen (secondary N) is 1. The lowest BCUT2D eigenvalue weighted by Gasteiger charge is -2.30. The lowest BCUT2D eigenvalue weighted by Crippen LogP contribution is -2.42. The van der Waals surface area contributed by atoms with Gasteiger partial charge in [-0.25, -0.2) is 4.98 Å². The third-order valence-electron chi connectivity index (χ3n) is 5.93. The van der Waals surface area contributed by atoms with Crippen LogP contribution in [0.15, 0.2) is 42.5 Å². The molecule has 0 saturated carbocycles. The fraction of sp³-hybridized carbons (Fsp3) is 0.360. The second-order valence-electron chi connectivity index (χ2n) is 8.32. The highest BCUT2D eigenvalue weighted by Gasteiger charge is 2.27. The van der Waals surface area contributed by atoms with Gasteiger partial charge in [0.15, 0.2) is 0 Å². The number of carbonyl (C=O) groups is 2. The van der Waals surface area contributed by atoms with Crippen LogP contribution < -0.4 is 10.2 Å². The first-order valence-corrected chi connectivity index (χ1v) is 11.5. The standard InChI is InChI=1S/C25H26ClN5O2/c1-17(32)28-20-10-8-18-6-2-3-7-22(18)31(25(33)15-20)16-24-29-21-14-19(26)9-11-23(21)30(24)13-5-4-12-27/h2-3,6-7,9,11,14,20H,4-5,8,10,13,15-16H2,1H3,(H,28,32)/t20-/m1/s1. The van der Waals surface area contributed by atoms with Crippen LogP contribution in [-0.4, -0.2) is 27.4 Å². The molecule has 33 heavy (non-hydrogen) atoms. The number of para-hydroxylation sites is 1. The Morgan fingerprint density at radius 1 is 1.30 bits per heavy atom. The molecule has 0 radical (unpaired) electrons. The Morgan fingerprint density at radius 3 is 2.91 bits per heavy atom. The smallest absolute Gasteiger partial charge is 0.229 e. The average molecular weight is 464 g/mol. The molecular formula is C25H26ClN5O2. The number of imidazole rings is 1. The number of nitriles is 1. The summed E-state index contributed by atoms with van der Waals surface area (Å²) in [5.41, 5.74) is 3.63. The second-order valence-corrected chi connectivity index (χ2v) is 8.76. The van der Waals surface area contributed by atoms with Crippen molar-refractivity contribution in [2.75, 3.05) is 4.90 Å². The monoisotopic (exact) mass is 463 g/mol. The minimum atomic E-state index is -0.209. The summed E-state index contributed by atoms with van der Waals surface area (Å²) in [7, 11) is 0. The van der Waals surface area contributed by atoms with Gasteiger partial charge in [0.05, 0.1) is 23.6 Å². The summed E-state index contributed by atoms with van der Waals surface area (Å²) in [5.74, 6) is 0.545. The molecule has 4 rings (SSSR count). The molecule has 1 aliphatic rings. The van der Waals surface area contributed by atoms with E-state index in [0.29, 0.717) is 37.4 Å². The summed E-state index contributed by atoms with van der Waals surface area (Å²) in [5, 5.41) is 12.5. The second kappa shape index (κ2) is 10.1. The van der Waals surface area contributed by atoms with Crippen molar-refractivity contribution in [3.63, 3.8) is 0 Å². The van der Waals surface area contributed by atoms with Gasteiger partial charge in [-0.3, -0.25) is 9.59 Å². The van der Waals surface area contributed by atoms with Gasteiger partial charge in [0, 0.05) is 43.1 Å². The molecule has 7 nitrogen and oxygen atoms in total. The molecule has 2 aromatic carbocycles. The van der Waals surface area contributed by atoms with Crippen LogP contribution in [-0.2, 0) is 29.1 Å². The third-order valence-corrected chi connectivity index (χ3v) is 6.17. The van der Waals surface area contributed by atoms with Crippen LogP contribution in [0.5, 0.6) is 0 Å². The number of fused-ring (bicyclic) bond motifs is 2. The SMILES string of the molecule is CC(=O)N[C@@H]1CCc2ccccc2N(Cc2nc3cc(Cl)ccc3n2CCCC#N)C(=O)C1. The Balaban J connectivity index is 1.73. The van der Waals surface area contributed by atoms with E-state index in [4.69, 9.17) is 21.8 Å². The van der Waals surface area contributed by atoms with Gasteiger partial charge in [0.1, 0.15) is 5.82 Å². The Hall–Kier alpha value is -3.37. The quantitative estimate of drug-likeness (QED) is 0.549. The van der Waals surface area contributed by atoms with Crippen molar-refractivity contribution in [3.05, 3.63) is 58.9 Å². The van der Waals surface area contributed by atoms with Crippen molar-refractivity contribution in [3.8, 4) is 6.07 Å². The van der Waals surface area contributed by atoms with Crippen LogP contribution in [0.3, 0.4) is 0 Å². The molecule has 1 aromatic heterocycles. The van der Waals surface area contributed by atoms with Crippen LogP contribution in [0, 0.1) is 11.3 Å². The van der Waals surface area contributed by atoms with Crippen molar-refractivity contribution < 1.29 is 9.59 Å². The topological polar surface area (TPSA) is 91.0 Å². The molecule has 2 heterocycles. The predicted octanol–water partition coefficient (Wildman–Crippen LogP) is 4.37. The van der Waals surface area contributed by atoms with E-state index < -0.39 is 0 Å². The van der Waals surface area contributed by atoms with Crippen molar-refractivity contribution in [1.82, 2.24) is 14.9 Å². The fourth-order valence-corrected chi connectivity index (χ4v) is 4.60. The zero-order valence-corrected chi connectivity index (χ0v) is 19.3. The van der Waals surface area contributed by atoms with Gasteiger partial charge in [-0.05, 0) is 49.1 Å². The van der Waals surface area contributed by atoms with E-state index in [1.807, 2.05) is 42.5 Å². The molecule has 8 heteroatoms. The first-order valence-electron chi connectivity index (χ1n) is 11.1. The first-order chi connectivity index (χ1) is 16.0. The van der Waals surface area contributed by atoms with Gasteiger partial charge < -0.3 is 14.8 Å². The molecule has 0 saturated heterocycles. The van der Waals surface area contributed by atoms with Crippen LogP contribution >= 0.6 is 11.6 Å². The van der Waals surface area contributed by atoms with E-state index in [1.165, 1.54) is 6.92 Å². The number of aryl methyl sites for hydroxylation is 2. The van der Waals surface area contributed by atoms with Crippen molar-refractivity contribution in [2.24, 2.45) is 0 Å². The van der Waals surface area contributed by atoms with Gasteiger partial charge in [0.2, 0.25) is 11.8 Å². The normalized spacial score (nSPS) is 16.1. The zero-order valence-electron chi connectivity index (χ0n) is 18.6. The highest BCUT2D eigenvalue weighted by Crippen LogP contribution is 2.29. The van der Waals surface area contributed by atoms with Gasteiger partial charge in [0.25, 0.3) is 0 Å². The molecule has 0 aliphatic carbocycles. The number of anilines is 1. The first kappa shape index (κ1) is 22.8. The van der Waals surface area contributed by atoms with Crippen molar-refractivity contribution >= 4 is 40.1 Å². The van der Waals surface area contributed by atoms with Gasteiger partial charge in [-0.1, -0.05) is 29.8 Å². The highest BCUT2D eigenvalue weighted by atomic mass is 35.5. The summed E-state index contributed by atoms with van der Waals surface area (Å²) in [6, 6.07) is 15.4. The zero-order chi connectivity index (χ0) is 23.4. The highest BCUT2D eigenvalue weighted by molar-refractivity contribution is 6.31. The van der Waals surface area contributed by atoms with Crippen LogP contribution in [0.2, 0.25) is 5.02 Å². The van der Waals surface area contributed by atoms with Crippen molar-refractivity contribution in [1.29, 1.82) is 5.26 Å². The molecule has 2 amide bonds. The van der Waals surface area contributed by atoms with E-state index in [2.05, 4.69) is 16.0 Å². The van der Waals surface area contributed by atoms with Crippen LogP contribution in [0.25, 0.3) is 11.0 Å². The number of hydrogen-bond acceptors (Lipinski definition) is 4. The van der Waals surface area contributed by atoms with Crippen molar-refractivity contribution in [2.45, 2.75) is 58.2 Å². The molecule has 0 unspecified atom stereocenters. The summed E-state index contributed by atoms with van der Waals surface area (Å²) in [6.45, 7) is 2.39. The van der Waals surface area contributed by atoms with Gasteiger partial charge in [-0.15, -0.1) is 0 Å². The van der Waals surface area contributed by atoms with E-state index >= 15 is 0 Å². The summed E-state index contributed by atoms with van der Waals surface area (Å²) in [4.78, 5) is 31.7. The van der Waals surface area contributed by atoms with E-state index in [9.17, 15) is 9.59 Å². The summed E-state index contributed by atoms with van der Waals surface area (Å²) < 4.78 is 2.07. The number of halogens is 1. The summed E-state index contributed by atoms with van der Waals surface area (Å²) in [6.07, 6.45) is 2.83. The molecule has 1 atom stereocenters. The lowest BCUT2D eigenvalue weighted by molar-refractivity contribution is -0.121.